The topological polar surface area (TPSA) is 3.24 Å². The number of hydrogen-bond donors (Lipinski definition) is 0. The molecule has 1 nitrogen and oxygen atoms in total. The summed E-state index contributed by atoms with van der Waals surface area (Å²) >= 11 is 7.06. The van der Waals surface area contributed by atoms with Gasteiger partial charge in [0, 0.05) is 19.8 Å². The first-order chi connectivity index (χ1) is 8.68. The van der Waals surface area contributed by atoms with E-state index in [-0.39, 0.29) is 0 Å². The second-order valence-corrected chi connectivity index (χ2v) is 6.92. The Morgan fingerprint density at radius 3 is 1.72 bits per heavy atom. The smallest absolute Gasteiger partial charge is 0.135 e. The normalized spacial score (nSPS) is 10.6. The van der Waals surface area contributed by atoms with Crippen LogP contribution in [-0.4, -0.2) is 29.1 Å². The summed E-state index contributed by atoms with van der Waals surface area (Å²) in [5.74, 6) is 1.19. The van der Waals surface area contributed by atoms with Crippen LogP contribution in [0.25, 0.3) is 0 Å². The van der Waals surface area contributed by atoms with Crippen LogP contribution in [0.1, 0.15) is 71.1 Å². The molecule has 0 aliphatic rings. The van der Waals surface area contributed by atoms with Crippen molar-refractivity contribution >= 4 is 28.3 Å². The molecule has 0 saturated carbocycles. The van der Waals surface area contributed by atoms with Gasteiger partial charge in [0.25, 0.3) is 0 Å². The van der Waals surface area contributed by atoms with Gasteiger partial charge in [-0.05, 0) is 6.42 Å². The summed E-state index contributed by atoms with van der Waals surface area (Å²) in [4.78, 5) is 2.02. The molecule has 0 aromatic heterocycles. The van der Waals surface area contributed by atoms with Crippen LogP contribution in [0.15, 0.2) is 0 Å². The van der Waals surface area contributed by atoms with Crippen molar-refractivity contribution in [1.29, 1.82) is 0 Å². The third-order valence-electron chi connectivity index (χ3n) is 3.09. The maximum atomic E-state index is 5.24. The molecule has 0 atom stereocenters. The molecule has 0 aliphatic carbocycles. The van der Waals surface area contributed by atoms with E-state index in [0.717, 1.165) is 4.32 Å². The molecule has 0 saturated heterocycles. The SMILES string of the molecule is CCCCCCCCCCCCSC(=S)N(C)C. The second kappa shape index (κ2) is 13.7. The van der Waals surface area contributed by atoms with Crippen molar-refractivity contribution in [2.24, 2.45) is 0 Å². The summed E-state index contributed by atoms with van der Waals surface area (Å²) in [7, 11) is 4.04. The van der Waals surface area contributed by atoms with Gasteiger partial charge in [0.15, 0.2) is 0 Å². The van der Waals surface area contributed by atoms with Gasteiger partial charge in [0.2, 0.25) is 0 Å². The zero-order valence-electron chi connectivity index (χ0n) is 12.5. The van der Waals surface area contributed by atoms with E-state index >= 15 is 0 Å². The monoisotopic (exact) mass is 289 g/mol. The molecule has 0 rings (SSSR count). The first-order valence-corrected chi connectivity index (χ1v) is 8.92. The molecule has 3 heteroatoms. The predicted octanol–water partition coefficient (Wildman–Crippen LogP) is 5.49. The molecule has 0 aromatic carbocycles. The van der Waals surface area contributed by atoms with Crippen LogP contribution >= 0.6 is 24.0 Å². The lowest BCUT2D eigenvalue weighted by Gasteiger charge is -2.12. The maximum Gasteiger partial charge on any atom is 0.135 e. The van der Waals surface area contributed by atoms with E-state index in [1.807, 2.05) is 30.8 Å². The van der Waals surface area contributed by atoms with Gasteiger partial charge in [-0.2, -0.15) is 0 Å². The molecule has 0 aromatic rings. The van der Waals surface area contributed by atoms with Crippen molar-refractivity contribution in [3.8, 4) is 0 Å². The Kier molecular flexibility index (Phi) is 13.8. The summed E-state index contributed by atoms with van der Waals surface area (Å²) in [6.45, 7) is 2.28. The summed E-state index contributed by atoms with van der Waals surface area (Å²) in [5.41, 5.74) is 0. The molecule has 0 amide bonds. The third kappa shape index (κ3) is 12.7. The van der Waals surface area contributed by atoms with Crippen LogP contribution < -0.4 is 0 Å². The van der Waals surface area contributed by atoms with E-state index in [0.29, 0.717) is 0 Å². The Labute approximate surface area is 124 Å². The summed E-state index contributed by atoms with van der Waals surface area (Å²) in [6.07, 6.45) is 14.1. The fourth-order valence-corrected chi connectivity index (χ4v) is 2.91. The number of thioether (sulfide) groups is 1. The molecule has 0 radical (unpaired) electrons. The lowest BCUT2D eigenvalue weighted by molar-refractivity contribution is 0.563. The Morgan fingerprint density at radius 1 is 0.833 bits per heavy atom. The Balaban J connectivity index is 3.05. The number of nitrogens with zero attached hydrogens (tertiary/aromatic N) is 1. The van der Waals surface area contributed by atoms with Crippen molar-refractivity contribution in [3.05, 3.63) is 0 Å². The Morgan fingerprint density at radius 2 is 1.28 bits per heavy atom. The number of thiocarbonyl (C=S) groups is 1. The van der Waals surface area contributed by atoms with Crippen LogP contribution in [0.4, 0.5) is 0 Å². The van der Waals surface area contributed by atoms with Crippen LogP contribution in [0.3, 0.4) is 0 Å². The number of unbranched alkanes of at least 4 members (excludes halogenated alkanes) is 9. The average Bonchev–Trinajstić information content (AvgIpc) is 2.35. The van der Waals surface area contributed by atoms with Crippen LogP contribution in [0, 0.1) is 0 Å². The highest BCUT2D eigenvalue weighted by molar-refractivity contribution is 8.22. The Bertz CT molecular complexity index is 193. The van der Waals surface area contributed by atoms with Gasteiger partial charge in [0.1, 0.15) is 4.32 Å². The highest BCUT2D eigenvalue weighted by Gasteiger charge is 1.99. The van der Waals surface area contributed by atoms with Gasteiger partial charge in [0.05, 0.1) is 0 Å². The van der Waals surface area contributed by atoms with E-state index in [1.54, 1.807) is 0 Å². The first kappa shape index (κ1) is 18.2. The van der Waals surface area contributed by atoms with E-state index < -0.39 is 0 Å². The minimum Gasteiger partial charge on any atom is -0.364 e. The maximum absolute atomic E-state index is 5.24. The zero-order valence-corrected chi connectivity index (χ0v) is 14.2. The standard InChI is InChI=1S/C15H31NS2/c1-4-5-6-7-8-9-10-11-12-13-14-18-15(17)16(2)3/h4-14H2,1-3H3. The quantitative estimate of drug-likeness (QED) is 0.366. The van der Waals surface area contributed by atoms with Gasteiger partial charge >= 0.3 is 0 Å². The molecule has 0 bridgehead atoms. The lowest BCUT2D eigenvalue weighted by Crippen LogP contribution is -2.16. The van der Waals surface area contributed by atoms with Crippen molar-refractivity contribution in [3.63, 3.8) is 0 Å². The molecular weight excluding hydrogens is 258 g/mol. The van der Waals surface area contributed by atoms with Crippen LogP contribution in [0.5, 0.6) is 0 Å². The fraction of sp³-hybridized carbons (Fsp3) is 0.933. The van der Waals surface area contributed by atoms with Crippen molar-refractivity contribution in [2.75, 3.05) is 19.8 Å². The summed E-state index contributed by atoms with van der Waals surface area (Å²) < 4.78 is 1.02. The van der Waals surface area contributed by atoms with Gasteiger partial charge in [-0.3, -0.25) is 0 Å². The molecular formula is C15H31NS2. The molecule has 108 valence electrons. The Hall–Kier alpha value is 0.240. The highest BCUT2D eigenvalue weighted by atomic mass is 32.2. The van der Waals surface area contributed by atoms with E-state index in [4.69, 9.17) is 12.2 Å². The second-order valence-electron chi connectivity index (χ2n) is 5.19. The number of rotatable bonds is 11. The van der Waals surface area contributed by atoms with E-state index in [2.05, 4.69) is 6.92 Å². The van der Waals surface area contributed by atoms with Crippen molar-refractivity contribution in [2.45, 2.75) is 71.1 Å². The minimum atomic E-state index is 1.02. The molecule has 18 heavy (non-hydrogen) atoms. The zero-order chi connectivity index (χ0) is 13.6. The first-order valence-electron chi connectivity index (χ1n) is 7.52. The largest absolute Gasteiger partial charge is 0.364 e. The van der Waals surface area contributed by atoms with E-state index in [9.17, 15) is 0 Å². The van der Waals surface area contributed by atoms with Crippen molar-refractivity contribution in [1.82, 2.24) is 4.90 Å². The van der Waals surface area contributed by atoms with Crippen LogP contribution in [-0.2, 0) is 0 Å². The highest BCUT2D eigenvalue weighted by Crippen LogP contribution is 2.13. The summed E-state index contributed by atoms with van der Waals surface area (Å²) in [6, 6.07) is 0. The van der Waals surface area contributed by atoms with Gasteiger partial charge in [-0.15, -0.1) is 0 Å². The average molecular weight is 290 g/mol. The van der Waals surface area contributed by atoms with E-state index in [1.165, 1.54) is 70.0 Å². The molecule has 0 aliphatic heterocycles. The molecule has 0 heterocycles. The van der Waals surface area contributed by atoms with Crippen LogP contribution in [0.2, 0.25) is 0 Å². The van der Waals surface area contributed by atoms with Gasteiger partial charge in [-0.25, -0.2) is 0 Å². The molecule has 0 N–H and O–H groups in total. The predicted molar refractivity (Wildman–Crippen MR) is 90.6 cm³/mol. The van der Waals surface area contributed by atoms with Gasteiger partial charge in [-0.1, -0.05) is 88.7 Å². The fourth-order valence-electron chi connectivity index (χ4n) is 1.88. The number of hydrogen-bond acceptors (Lipinski definition) is 2. The molecule has 0 unspecified atom stereocenters. The lowest BCUT2D eigenvalue weighted by atomic mass is 10.1. The third-order valence-corrected chi connectivity index (χ3v) is 4.91. The summed E-state index contributed by atoms with van der Waals surface area (Å²) in [5, 5.41) is 0. The molecule has 0 fully saturated rings. The molecule has 0 spiro atoms. The minimum absolute atomic E-state index is 1.02. The van der Waals surface area contributed by atoms with Crippen molar-refractivity contribution < 1.29 is 0 Å². The van der Waals surface area contributed by atoms with Gasteiger partial charge < -0.3 is 4.90 Å².